The Morgan fingerprint density at radius 2 is 1.71 bits per heavy atom. The molecule has 0 aliphatic heterocycles. The molecular weight excluding hydrogens is 206 g/mol. The molecule has 2 aliphatic rings. The normalized spacial score (nSPS) is 31.9. The minimum absolute atomic E-state index is 0.832. The molecule has 2 rings (SSSR count). The van der Waals surface area contributed by atoms with Crippen LogP contribution in [0, 0.1) is 17.8 Å². The quantitative estimate of drug-likeness (QED) is 0.765. The summed E-state index contributed by atoms with van der Waals surface area (Å²) in [6, 6.07) is 0.832. The van der Waals surface area contributed by atoms with Crippen LogP contribution >= 0.6 is 0 Å². The average molecular weight is 237 g/mol. The summed E-state index contributed by atoms with van der Waals surface area (Å²) in [5.74, 6) is 2.85. The maximum Gasteiger partial charge on any atom is 0.00699 e. The highest BCUT2D eigenvalue weighted by molar-refractivity contribution is 4.80. The van der Waals surface area contributed by atoms with E-state index in [1.165, 1.54) is 64.3 Å². The summed E-state index contributed by atoms with van der Waals surface area (Å²) >= 11 is 0. The third-order valence-electron chi connectivity index (χ3n) is 5.08. The van der Waals surface area contributed by atoms with Gasteiger partial charge in [-0.1, -0.05) is 46.0 Å². The van der Waals surface area contributed by atoms with Crippen LogP contribution in [0.5, 0.6) is 0 Å². The molecule has 1 heteroatoms. The van der Waals surface area contributed by atoms with Crippen molar-refractivity contribution in [2.75, 3.05) is 6.54 Å². The molecule has 2 fully saturated rings. The number of rotatable bonds is 4. The Balaban J connectivity index is 1.67. The van der Waals surface area contributed by atoms with E-state index >= 15 is 0 Å². The molecule has 0 bridgehead atoms. The molecule has 17 heavy (non-hydrogen) atoms. The number of hydrogen-bond donors (Lipinski definition) is 1. The van der Waals surface area contributed by atoms with Crippen molar-refractivity contribution in [3.63, 3.8) is 0 Å². The zero-order chi connectivity index (χ0) is 12.1. The van der Waals surface area contributed by atoms with Crippen LogP contribution in [0.1, 0.15) is 71.6 Å². The van der Waals surface area contributed by atoms with Crippen LogP contribution in [0.2, 0.25) is 0 Å². The lowest BCUT2D eigenvalue weighted by Crippen LogP contribution is -2.38. The maximum atomic E-state index is 3.88. The Labute approximate surface area is 108 Å². The third-order valence-corrected chi connectivity index (χ3v) is 5.08. The zero-order valence-corrected chi connectivity index (χ0v) is 11.9. The molecule has 100 valence electrons. The van der Waals surface area contributed by atoms with E-state index < -0.39 is 0 Å². The van der Waals surface area contributed by atoms with Gasteiger partial charge in [-0.2, -0.15) is 0 Å². The molecule has 0 saturated heterocycles. The van der Waals surface area contributed by atoms with Crippen molar-refractivity contribution in [2.45, 2.75) is 77.7 Å². The van der Waals surface area contributed by atoms with Crippen LogP contribution in [0.15, 0.2) is 0 Å². The summed E-state index contributed by atoms with van der Waals surface area (Å²) in [6.07, 6.45) is 13.2. The molecule has 1 nitrogen and oxygen atoms in total. The van der Waals surface area contributed by atoms with Crippen molar-refractivity contribution >= 4 is 0 Å². The fourth-order valence-corrected chi connectivity index (χ4v) is 3.74. The van der Waals surface area contributed by atoms with Crippen molar-refractivity contribution in [1.29, 1.82) is 0 Å². The second kappa shape index (κ2) is 6.78. The van der Waals surface area contributed by atoms with Gasteiger partial charge in [-0.05, 0) is 50.0 Å². The van der Waals surface area contributed by atoms with E-state index in [1.807, 2.05) is 0 Å². The van der Waals surface area contributed by atoms with Gasteiger partial charge in [0.05, 0.1) is 0 Å². The van der Waals surface area contributed by atoms with E-state index in [1.54, 1.807) is 0 Å². The molecule has 0 aromatic carbocycles. The molecule has 0 heterocycles. The largest absolute Gasteiger partial charge is 0.314 e. The first-order chi connectivity index (χ1) is 8.25. The summed E-state index contributed by atoms with van der Waals surface area (Å²) in [6.45, 7) is 6.10. The Bertz CT molecular complexity index is 206. The average Bonchev–Trinajstić information content (AvgIpc) is 2.38. The predicted octanol–water partition coefficient (Wildman–Crippen LogP) is 4.37. The van der Waals surface area contributed by atoms with Gasteiger partial charge < -0.3 is 5.32 Å². The molecule has 0 aromatic rings. The van der Waals surface area contributed by atoms with Gasteiger partial charge in [0.1, 0.15) is 0 Å². The van der Waals surface area contributed by atoms with Gasteiger partial charge in [-0.25, -0.2) is 0 Å². The highest BCUT2D eigenvalue weighted by Crippen LogP contribution is 2.30. The van der Waals surface area contributed by atoms with Crippen molar-refractivity contribution in [3.8, 4) is 0 Å². The summed E-state index contributed by atoms with van der Waals surface area (Å²) in [5.41, 5.74) is 0. The first-order valence-electron chi connectivity index (χ1n) is 7.99. The van der Waals surface area contributed by atoms with E-state index in [0.29, 0.717) is 0 Å². The van der Waals surface area contributed by atoms with Crippen LogP contribution in [0.25, 0.3) is 0 Å². The van der Waals surface area contributed by atoms with Gasteiger partial charge in [-0.3, -0.25) is 0 Å². The van der Waals surface area contributed by atoms with Gasteiger partial charge in [-0.15, -0.1) is 0 Å². The highest BCUT2D eigenvalue weighted by Gasteiger charge is 2.24. The first kappa shape index (κ1) is 13.4. The van der Waals surface area contributed by atoms with Gasteiger partial charge in [0, 0.05) is 6.04 Å². The van der Waals surface area contributed by atoms with Crippen LogP contribution < -0.4 is 5.32 Å². The predicted molar refractivity (Wildman–Crippen MR) is 75.2 cm³/mol. The highest BCUT2D eigenvalue weighted by atomic mass is 14.9. The molecular formula is C16H31N. The molecule has 2 saturated carbocycles. The second-order valence-electron chi connectivity index (χ2n) is 6.78. The van der Waals surface area contributed by atoms with Crippen molar-refractivity contribution in [1.82, 2.24) is 5.32 Å². The van der Waals surface area contributed by atoms with Crippen LogP contribution in [0.3, 0.4) is 0 Å². The van der Waals surface area contributed by atoms with E-state index in [-0.39, 0.29) is 0 Å². The monoisotopic (exact) mass is 237 g/mol. The smallest absolute Gasteiger partial charge is 0.00699 e. The molecule has 2 atom stereocenters. The molecule has 0 spiro atoms. The van der Waals surface area contributed by atoms with Crippen molar-refractivity contribution < 1.29 is 0 Å². The fraction of sp³-hybridized carbons (Fsp3) is 1.00. The molecule has 0 amide bonds. The molecule has 1 N–H and O–H groups in total. The van der Waals surface area contributed by atoms with Gasteiger partial charge in [0.25, 0.3) is 0 Å². The minimum atomic E-state index is 0.832. The van der Waals surface area contributed by atoms with Crippen LogP contribution in [-0.2, 0) is 0 Å². The Kier molecular flexibility index (Phi) is 5.34. The summed E-state index contributed by atoms with van der Waals surface area (Å²) in [4.78, 5) is 0. The van der Waals surface area contributed by atoms with Gasteiger partial charge in [0.2, 0.25) is 0 Å². The second-order valence-corrected chi connectivity index (χ2v) is 6.78. The lowest BCUT2D eigenvalue weighted by Gasteiger charge is -2.33. The number of hydrogen-bond acceptors (Lipinski definition) is 1. The zero-order valence-electron chi connectivity index (χ0n) is 11.9. The molecule has 0 aromatic heterocycles. The van der Waals surface area contributed by atoms with Gasteiger partial charge in [0.15, 0.2) is 0 Å². The van der Waals surface area contributed by atoms with E-state index in [9.17, 15) is 0 Å². The van der Waals surface area contributed by atoms with Crippen molar-refractivity contribution in [2.24, 2.45) is 17.8 Å². The summed E-state index contributed by atoms with van der Waals surface area (Å²) < 4.78 is 0. The van der Waals surface area contributed by atoms with E-state index in [2.05, 4.69) is 19.2 Å². The summed E-state index contributed by atoms with van der Waals surface area (Å²) in [5, 5.41) is 3.88. The topological polar surface area (TPSA) is 12.0 Å². The first-order valence-corrected chi connectivity index (χ1v) is 7.99. The third kappa shape index (κ3) is 4.28. The maximum absolute atomic E-state index is 3.88. The van der Waals surface area contributed by atoms with Gasteiger partial charge >= 0.3 is 0 Å². The van der Waals surface area contributed by atoms with Crippen molar-refractivity contribution in [3.05, 3.63) is 0 Å². The lowest BCUT2D eigenvalue weighted by molar-refractivity contribution is 0.219. The fourth-order valence-electron chi connectivity index (χ4n) is 3.74. The Hall–Kier alpha value is -0.0400. The lowest BCUT2D eigenvalue weighted by atomic mass is 9.79. The Morgan fingerprint density at radius 3 is 2.41 bits per heavy atom. The van der Waals surface area contributed by atoms with E-state index in [0.717, 1.165) is 23.8 Å². The van der Waals surface area contributed by atoms with E-state index in [4.69, 9.17) is 0 Å². The number of nitrogens with one attached hydrogen (secondary N) is 1. The standard InChI is InChI=1S/C16H31N/c1-13(2)15-9-6-10-16(11-15)17-12-14-7-4-3-5-8-14/h13-17H,3-12H2,1-2H3. The summed E-state index contributed by atoms with van der Waals surface area (Å²) in [7, 11) is 0. The molecule has 2 aliphatic carbocycles. The Morgan fingerprint density at radius 1 is 0.941 bits per heavy atom. The molecule has 2 unspecified atom stereocenters. The minimum Gasteiger partial charge on any atom is -0.314 e. The van der Waals surface area contributed by atoms with Crippen LogP contribution in [-0.4, -0.2) is 12.6 Å². The molecule has 0 radical (unpaired) electrons. The SMILES string of the molecule is CC(C)C1CCCC(NCC2CCCCC2)C1. The van der Waals surface area contributed by atoms with Crippen LogP contribution in [0.4, 0.5) is 0 Å².